The quantitative estimate of drug-likeness (QED) is 0.255. The normalized spacial score (nSPS) is 14.8. The van der Waals surface area contributed by atoms with Crippen molar-refractivity contribution in [1.82, 2.24) is 16.0 Å². The second kappa shape index (κ2) is 14.0. The van der Waals surface area contributed by atoms with Crippen LogP contribution < -0.4 is 26.4 Å². The molecule has 1 heterocycles. The van der Waals surface area contributed by atoms with E-state index >= 15 is 0 Å². The average molecular weight is 501 g/mol. The summed E-state index contributed by atoms with van der Waals surface area (Å²) in [6.07, 6.45) is 7.02. The van der Waals surface area contributed by atoms with E-state index in [4.69, 9.17) is 22.1 Å². The van der Waals surface area contributed by atoms with Gasteiger partial charge in [0.25, 0.3) is 11.8 Å². The summed E-state index contributed by atoms with van der Waals surface area (Å²) in [5.41, 5.74) is 7.35. The second-order valence-corrected chi connectivity index (χ2v) is 9.47. The molecule has 3 rings (SSSR count). The van der Waals surface area contributed by atoms with Gasteiger partial charge >= 0.3 is 0 Å². The summed E-state index contributed by atoms with van der Waals surface area (Å²) in [6.45, 7) is 2.60. The molecule has 8 heteroatoms. The number of nitrogens with two attached hydrogens (primary N) is 1. The minimum Gasteiger partial charge on any atom is -0.496 e. The van der Waals surface area contributed by atoms with Crippen molar-refractivity contribution >= 4 is 29.1 Å². The molecule has 1 saturated heterocycles. The fraction of sp³-hybridized carbons (Fsp3) is 0.481. The van der Waals surface area contributed by atoms with E-state index in [1.807, 2.05) is 30.3 Å². The number of ether oxygens (including phenoxy) is 1. The first-order chi connectivity index (χ1) is 17.0. The Hall–Kier alpha value is -2.77. The van der Waals surface area contributed by atoms with Gasteiger partial charge in [0.05, 0.1) is 23.4 Å². The highest BCUT2D eigenvalue weighted by atomic mass is 35.5. The molecule has 1 unspecified atom stereocenters. The molecule has 1 aliphatic heterocycles. The third-order valence-electron chi connectivity index (χ3n) is 6.60. The summed E-state index contributed by atoms with van der Waals surface area (Å²) in [5.74, 6) is 0.639. The van der Waals surface area contributed by atoms with Gasteiger partial charge in [0.15, 0.2) is 0 Å². The molecule has 0 spiro atoms. The van der Waals surface area contributed by atoms with Gasteiger partial charge in [-0.1, -0.05) is 49.1 Å². The Balaban J connectivity index is 1.47. The predicted molar refractivity (Wildman–Crippen MR) is 141 cm³/mol. The van der Waals surface area contributed by atoms with Crippen LogP contribution in [0.15, 0.2) is 42.5 Å². The summed E-state index contributed by atoms with van der Waals surface area (Å²) in [7, 11) is 1.52. The van der Waals surface area contributed by atoms with Crippen LogP contribution in [-0.4, -0.2) is 44.6 Å². The van der Waals surface area contributed by atoms with Crippen molar-refractivity contribution in [1.29, 1.82) is 0 Å². The molecule has 0 bridgehead atoms. The molecule has 0 aromatic heterocycles. The van der Waals surface area contributed by atoms with Crippen molar-refractivity contribution in [3.63, 3.8) is 0 Å². The van der Waals surface area contributed by atoms with Crippen LogP contribution in [0.4, 0.5) is 5.69 Å². The number of nitrogen functional groups attached to an aromatic ring is 1. The van der Waals surface area contributed by atoms with E-state index < -0.39 is 0 Å². The smallest absolute Gasteiger partial charge is 0.255 e. The van der Waals surface area contributed by atoms with E-state index in [9.17, 15) is 9.59 Å². The summed E-state index contributed by atoms with van der Waals surface area (Å²) in [5, 5.41) is 9.98. The molecular weight excluding hydrogens is 464 g/mol. The molecule has 1 aliphatic rings. The predicted octanol–water partition coefficient (Wildman–Crippen LogP) is 4.41. The molecule has 190 valence electrons. The Morgan fingerprint density at radius 2 is 1.80 bits per heavy atom. The largest absolute Gasteiger partial charge is 0.496 e. The van der Waals surface area contributed by atoms with E-state index in [2.05, 4.69) is 16.0 Å². The highest BCUT2D eigenvalue weighted by Gasteiger charge is 2.26. The fourth-order valence-corrected chi connectivity index (χ4v) is 4.73. The number of carbonyl (C=O) groups is 2. The molecular formula is C27H37ClN4O3. The van der Waals surface area contributed by atoms with Gasteiger partial charge in [-0.2, -0.15) is 0 Å². The van der Waals surface area contributed by atoms with Crippen LogP contribution >= 0.6 is 11.6 Å². The first kappa shape index (κ1) is 26.8. The van der Waals surface area contributed by atoms with Crippen molar-refractivity contribution in [3.8, 4) is 5.75 Å². The Morgan fingerprint density at radius 1 is 1.09 bits per heavy atom. The lowest BCUT2D eigenvalue weighted by Crippen LogP contribution is -2.44. The van der Waals surface area contributed by atoms with Crippen molar-refractivity contribution in [2.45, 2.75) is 51.0 Å². The number of carbonyl (C=O) groups excluding carboxylic acids is 2. The highest BCUT2D eigenvalue weighted by Crippen LogP contribution is 2.29. The first-order valence-electron chi connectivity index (χ1n) is 12.5. The van der Waals surface area contributed by atoms with E-state index in [1.54, 1.807) is 12.1 Å². The highest BCUT2D eigenvalue weighted by molar-refractivity contribution is 6.33. The Morgan fingerprint density at radius 3 is 2.51 bits per heavy atom. The maximum Gasteiger partial charge on any atom is 0.255 e. The molecule has 5 N–H and O–H groups in total. The van der Waals surface area contributed by atoms with Gasteiger partial charge in [-0.3, -0.25) is 9.59 Å². The number of amides is 2. The van der Waals surface area contributed by atoms with Crippen molar-refractivity contribution in [3.05, 3.63) is 58.6 Å². The third kappa shape index (κ3) is 8.15. The summed E-state index contributed by atoms with van der Waals surface area (Å²) in [6, 6.07) is 12.5. The topological polar surface area (TPSA) is 105 Å². The molecule has 0 saturated carbocycles. The van der Waals surface area contributed by atoms with Gasteiger partial charge in [0.1, 0.15) is 5.75 Å². The van der Waals surface area contributed by atoms with Crippen LogP contribution in [0.3, 0.4) is 0 Å². The van der Waals surface area contributed by atoms with Gasteiger partial charge in [0, 0.05) is 24.2 Å². The van der Waals surface area contributed by atoms with Crippen molar-refractivity contribution in [2.24, 2.45) is 5.92 Å². The van der Waals surface area contributed by atoms with E-state index in [0.29, 0.717) is 40.0 Å². The minimum absolute atomic E-state index is 0.0301. The molecule has 7 nitrogen and oxygen atoms in total. The average Bonchev–Trinajstić information content (AvgIpc) is 2.89. The number of halogens is 1. The number of hydrogen-bond acceptors (Lipinski definition) is 5. The third-order valence-corrected chi connectivity index (χ3v) is 6.92. The molecule has 1 atom stereocenters. The molecule has 0 radical (unpaired) electrons. The lowest BCUT2D eigenvalue weighted by atomic mass is 9.86. The zero-order chi connectivity index (χ0) is 25.0. The molecule has 2 aromatic rings. The molecule has 35 heavy (non-hydrogen) atoms. The zero-order valence-electron chi connectivity index (χ0n) is 20.4. The van der Waals surface area contributed by atoms with E-state index in [-0.39, 0.29) is 17.9 Å². The fourth-order valence-electron chi connectivity index (χ4n) is 4.57. The van der Waals surface area contributed by atoms with Crippen molar-refractivity contribution in [2.75, 3.05) is 32.5 Å². The number of benzene rings is 2. The second-order valence-electron chi connectivity index (χ2n) is 9.07. The number of rotatable bonds is 12. The SMILES string of the molecule is COc1cc(N)c(Cl)cc1C(=O)NC(CCCCCCNC(=O)c1ccccc1)C1CCNCC1. The minimum atomic E-state index is -0.184. The zero-order valence-corrected chi connectivity index (χ0v) is 21.2. The maximum atomic E-state index is 13.1. The molecule has 0 aliphatic carbocycles. The van der Waals surface area contributed by atoms with Gasteiger partial charge in [-0.15, -0.1) is 0 Å². The van der Waals surface area contributed by atoms with E-state index in [1.165, 1.54) is 7.11 Å². The van der Waals surface area contributed by atoms with Crippen LogP contribution in [0.5, 0.6) is 5.75 Å². The van der Waals surface area contributed by atoms with Crippen LogP contribution in [0.1, 0.15) is 65.7 Å². The van der Waals surface area contributed by atoms with Crippen LogP contribution in [0, 0.1) is 5.92 Å². The molecule has 2 amide bonds. The Kier molecular flexibility index (Phi) is 10.7. The van der Waals surface area contributed by atoms with Crippen molar-refractivity contribution < 1.29 is 14.3 Å². The standard InChI is InChI=1S/C27H37ClN4O3/c1-35-25-18-23(29)22(28)17-21(25)27(34)32-24(19-12-15-30-16-13-19)11-7-2-3-8-14-31-26(33)20-9-5-4-6-10-20/h4-6,9-10,17-19,24,30H,2-3,7-8,11-16,29H2,1H3,(H,31,33)(H,32,34). The number of hydrogen-bond donors (Lipinski definition) is 4. The monoisotopic (exact) mass is 500 g/mol. The van der Waals surface area contributed by atoms with Gasteiger partial charge in [-0.25, -0.2) is 0 Å². The number of nitrogens with one attached hydrogen (secondary N) is 3. The lowest BCUT2D eigenvalue weighted by molar-refractivity contribution is 0.0906. The maximum absolute atomic E-state index is 13.1. The van der Waals surface area contributed by atoms with Gasteiger partial charge < -0.3 is 26.4 Å². The van der Waals surface area contributed by atoms with Gasteiger partial charge in [-0.05, 0) is 62.9 Å². The summed E-state index contributed by atoms with van der Waals surface area (Å²) < 4.78 is 5.37. The number of methoxy groups -OCH3 is 1. The summed E-state index contributed by atoms with van der Waals surface area (Å²) >= 11 is 6.18. The molecule has 2 aromatic carbocycles. The van der Waals surface area contributed by atoms with Crippen LogP contribution in [-0.2, 0) is 0 Å². The Bertz CT molecular complexity index is 964. The Labute approximate surface area is 213 Å². The number of anilines is 1. The van der Waals surface area contributed by atoms with Gasteiger partial charge in [0.2, 0.25) is 0 Å². The summed E-state index contributed by atoms with van der Waals surface area (Å²) in [4.78, 5) is 25.3. The van der Waals surface area contributed by atoms with E-state index in [0.717, 1.165) is 58.0 Å². The lowest BCUT2D eigenvalue weighted by Gasteiger charge is -2.31. The number of unbranched alkanes of at least 4 members (excludes halogenated alkanes) is 3. The molecule has 1 fully saturated rings. The first-order valence-corrected chi connectivity index (χ1v) is 12.8. The van der Waals surface area contributed by atoms with Crippen LogP contribution in [0.25, 0.3) is 0 Å². The van der Waals surface area contributed by atoms with Crippen LogP contribution in [0.2, 0.25) is 5.02 Å². The number of piperidine rings is 1.